The summed E-state index contributed by atoms with van der Waals surface area (Å²) in [4.78, 5) is 10.8. The number of carbonyl (C=O) groups is 1. The maximum Gasteiger partial charge on any atom is 0.236 e. The van der Waals surface area contributed by atoms with Gasteiger partial charge in [0.05, 0.1) is 33.0 Å². The molecule has 15 heavy (non-hydrogen) atoms. The van der Waals surface area contributed by atoms with Crippen LogP contribution < -0.4 is 11.1 Å². The fourth-order valence-corrected chi connectivity index (χ4v) is 0.871. The molecule has 6 heteroatoms. The minimum absolute atomic E-state index is 0.263. The summed E-state index contributed by atoms with van der Waals surface area (Å²) in [6.45, 7) is 2.30. The molecule has 0 aliphatic heterocycles. The molecule has 0 saturated carbocycles. The highest BCUT2D eigenvalue weighted by Crippen LogP contribution is 1.85. The van der Waals surface area contributed by atoms with Crippen molar-refractivity contribution in [2.75, 3.05) is 47.2 Å². The molecule has 0 bridgehead atoms. The van der Waals surface area contributed by atoms with Crippen molar-refractivity contribution in [2.45, 2.75) is 6.04 Å². The molecule has 0 rings (SSSR count). The first-order chi connectivity index (χ1) is 7.22. The number of likely N-dealkylation sites (N-methyl/N-ethyl adjacent to an activating group) is 1. The zero-order chi connectivity index (χ0) is 11.5. The largest absolute Gasteiger partial charge is 0.382 e. The third-order valence-electron chi connectivity index (χ3n) is 1.78. The number of ether oxygens (including phenoxy) is 3. The van der Waals surface area contributed by atoms with Crippen LogP contribution in [0, 0.1) is 0 Å². The minimum Gasteiger partial charge on any atom is -0.382 e. The van der Waals surface area contributed by atoms with Crippen LogP contribution in [0.1, 0.15) is 0 Å². The molecule has 0 aliphatic carbocycles. The van der Waals surface area contributed by atoms with Gasteiger partial charge in [-0.25, -0.2) is 0 Å². The lowest BCUT2D eigenvalue weighted by molar-refractivity contribution is -0.121. The van der Waals surface area contributed by atoms with E-state index in [1.54, 1.807) is 14.2 Å². The van der Waals surface area contributed by atoms with E-state index in [9.17, 15) is 4.79 Å². The molecular formula is C9H20N2O4. The van der Waals surface area contributed by atoms with Crippen molar-refractivity contribution in [2.24, 2.45) is 5.73 Å². The molecule has 0 aromatic heterocycles. The van der Waals surface area contributed by atoms with E-state index in [-0.39, 0.29) is 6.61 Å². The van der Waals surface area contributed by atoms with Crippen LogP contribution in [0.5, 0.6) is 0 Å². The Kier molecular flexibility index (Phi) is 9.40. The van der Waals surface area contributed by atoms with Gasteiger partial charge >= 0.3 is 0 Å². The van der Waals surface area contributed by atoms with E-state index >= 15 is 0 Å². The van der Waals surface area contributed by atoms with Crippen LogP contribution in [0.2, 0.25) is 0 Å². The minimum atomic E-state index is -0.441. The van der Waals surface area contributed by atoms with Gasteiger partial charge in [0.1, 0.15) is 6.04 Å². The van der Waals surface area contributed by atoms with Crippen LogP contribution in [0.4, 0.5) is 0 Å². The number of nitrogens with two attached hydrogens (primary N) is 1. The van der Waals surface area contributed by atoms with Crippen LogP contribution in [0.25, 0.3) is 0 Å². The molecule has 3 N–H and O–H groups in total. The predicted octanol–water partition coefficient (Wildman–Crippen LogP) is -1.26. The first-order valence-corrected chi connectivity index (χ1v) is 4.83. The SMILES string of the molecule is CNC(COCCOCCOC)C(N)=O. The maximum absolute atomic E-state index is 10.8. The fourth-order valence-electron chi connectivity index (χ4n) is 0.871. The molecule has 1 atom stereocenters. The van der Waals surface area contributed by atoms with Crippen LogP contribution >= 0.6 is 0 Å². The zero-order valence-corrected chi connectivity index (χ0v) is 9.32. The summed E-state index contributed by atoms with van der Waals surface area (Å²) in [7, 11) is 3.28. The van der Waals surface area contributed by atoms with Crippen molar-refractivity contribution in [1.29, 1.82) is 0 Å². The Morgan fingerprint density at radius 3 is 2.40 bits per heavy atom. The van der Waals surface area contributed by atoms with Crippen molar-refractivity contribution < 1.29 is 19.0 Å². The average molecular weight is 220 g/mol. The molecule has 0 aromatic carbocycles. The Balaban J connectivity index is 3.25. The standard InChI is InChI=1S/C9H20N2O4/c1-11-8(9(10)12)7-15-6-5-14-4-3-13-2/h8,11H,3-7H2,1-2H3,(H2,10,12). The second-order valence-electron chi connectivity index (χ2n) is 2.92. The summed E-state index contributed by atoms with van der Waals surface area (Å²) < 4.78 is 15.2. The summed E-state index contributed by atoms with van der Waals surface area (Å²) in [6.07, 6.45) is 0. The molecule has 0 saturated heterocycles. The van der Waals surface area contributed by atoms with Gasteiger partial charge < -0.3 is 25.3 Å². The van der Waals surface area contributed by atoms with E-state index in [1.807, 2.05) is 0 Å². The molecule has 1 unspecified atom stereocenters. The Morgan fingerprint density at radius 2 is 1.87 bits per heavy atom. The van der Waals surface area contributed by atoms with E-state index in [1.165, 1.54) is 0 Å². The van der Waals surface area contributed by atoms with E-state index in [0.717, 1.165) is 0 Å². The zero-order valence-electron chi connectivity index (χ0n) is 9.32. The molecule has 0 spiro atoms. The number of hydrogen-bond acceptors (Lipinski definition) is 5. The summed E-state index contributed by atoms with van der Waals surface area (Å²) >= 11 is 0. The third kappa shape index (κ3) is 8.31. The number of methoxy groups -OCH3 is 1. The first-order valence-electron chi connectivity index (χ1n) is 4.83. The summed E-state index contributed by atoms with van der Waals surface area (Å²) in [5.41, 5.74) is 5.10. The Labute approximate surface area is 90.1 Å². The highest BCUT2D eigenvalue weighted by Gasteiger charge is 2.11. The van der Waals surface area contributed by atoms with Crippen molar-refractivity contribution in [3.63, 3.8) is 0 Å². The molecule has 0 heterocycles. The van der Waals surface area contributed by atoms with Gasteiger partial charge in [0, 0.05) is 7.11 Å². The number of carbonyl (C=O) groups excluding carboxylic acids is 1. The second kappa shape index (κ2) is 9.85. The molecule has 0 aromatic rings. The molecular weight excluding hydrogens is 200 g/mol. The number of amides is 1. The van der Waals surface area contributed by atoms with E-state index in [0.29, 0.717) is 26.4 Å². The predicted molar refractivity (Wildman–Crippen MR) is 55.6 cm³/mol. The number of hydrogen-bond donors (Lipinski definition) is 2. The highest BCUT2D eigenvalue weighted by molar-refractivity contribution is 5.79. The van der Waals surface area contributed by atoms with Gasteiger partial charge in [0.2, 0.25) is 5.91 Å². The molecule has 90 valence electrons. The van der Waals surface area contributed by atoms with Crippen LogP contribution in [0.15, 0.2) is 0 Å². The lowest BCUT2D eigenvalue weighted by Gasteiger charge is -2.12. The maximum atomic E-state index is 10.8. The van der Waals surface area contributed by atoms with Crippen molar-refractivity contribution >= 4 is 5.91 Å². The van der Waals surface area contributed by atoms with Gasteiger partial charge in [-0.1, -0.05) is 0 Å². The van der Waals surface area contributed by atoms with E-state index in [4.69, 9.17) is 19.9 Å². The van der Waals surface area contributed by atoms with Gasteiger partial charge in [-0.05, 0) is 7.05 Å². The second-order valence-corrected chi connectivity index (χ2v) is 2.92. The number of nitrogens with one attached hydrogen (secondary N) is 1. The Hall–Kier alpha value is -0.690. The lowest BCUT2D eigenvalue weighted by atomic mass is 10.3. The van der Waals surface area contributed by atoms with Gasteiger partial charge in [-0.15, -0.1) is 0 Å². The number of rotatable bonds is 10. The third-order valence-corrected chi connectivity index (χ3v) is 1.78. The van der Waals surface area contributed by atoms with Gasteiger partial charge in [-0.2, -0.15) is 0 Å². The van der Waals surface area contributed by atoms with Crippen molar-refractivity contribution in [3.8, 4) is 0 Å². The molecule has 1 amide bonds. The molecule has 0 aliphatic rings. The quantitative estimate of drug-likeness (QED) is 0.449. The van der Waals surface area contributed by atoms with E-state index in [2.05, 4.69) is 5.32 Å². The molecule has 0 radical (unpaired) electrons. The average Bonchev–Trinajstić information content (AvgIpc) is 2.21. The Morgan fingerprint density at radius 1 is 1.27 bits per heavy atom. The molecule has 6 nitrogen and oxygen atoms in total. The normalized spacial score (nSPS) is 12.7. The Bertz CT molecular complexity index is 166. The first kappa shape index (κ1) is 14.3. The van der Waals surface area contributed by atoms with Gasteiger partial charge in [0.25, 0.3) is 0 Å². The highest BCUT2D eigenvalue weighted by atomic mass is 16.5. The van der Waals surface area contributed by atoms with Crippen LogP contribution in [-0.4, -0.2) is 59.1 Å². The topological polar surface area (TPSA) is 82.8 Å². The number of primary amides is 1. The lowest BCUT2D eigenvalue weighted by Crippen LogP contribution is -2.42. The molecule has 0 fully saturated rings. The fraction of sp³-hybridized carbons (Fsp3) is 0.889. The van der Waals surface area contributed by atoms with Crippen LogP contribution in [0.3, 0.4) is 0 Å². The van der Waals surface area contributed by atoms with Crippen molar-refractivity contribution in [1.82, 2.24) is 5.32 Å². The summed E-state index contributed by atoms with van der Waals surface area (Å²) in [5, 5.41) is 2.75. The van der Waals surface area contributed by atoms with Crippen LogP contribution in [-0.2, 0) is 19.0 Å². The summed E-state index contributed by atoms with van der Waals surface area (Å²) in [5.74, 6) is -0.419. The monoisotopic (exact) mass is 220 g/mol. The van der Waals surface area contributed by atoms with Gasteiger partial charge in [-0.3, -0.25) is 4.79 Å². The smallest absolute Gasteiger partial charge is 0.236 e. The van der Waals surface area contributed by atoms with E-state index < -0.39 is 11.9 Å². The summed E-state index contributed by atoms with van der Waals surface area (Å²) in [6, 6.07) is -0.441. The van der Waals surface area contributed by atoms with Crippen molar-refractivity contribution in [3.05, 3.63) is 0 Å². The van der Waals surface area contributed by atoms with Gasteiger partial charge in [0.15, 0.2) is 0 Å².